The molecule has 19 atom stereocenters. The van der Waals surface area contributed by atoms with Crippen LogP contribution in [0.5, 0.6) is 5.75 Å². The van der Waals surface area contributed by atoms with Gasteiger partial charge in [-0.3, -0.25) is 38.5 Å². The second-order valence-corrected chi connectivity index (χ2v) is 28.9. The van der Waals surface area contributed by atoms with Gasteiger partial charge in [0.2, 0.25) is 11.6 Å². The number of nitrogens with two attached hydrogens (primary N) is 1. The third kappa shape index (κ3) is 16.7. The third-order valence-corrected chi connectivity index (χ3v) is 21.5. The number of benzene rings is 1. The lowest BCUT2D eigenvalue weighted by Crippen LogP contribution is -2.63. The van der Waals surface area contributed by atoms with E-state index in [9.17, 15) is 74.1 Å². The zero-order valence-electron chi connectivity index (χ0n) is 59.4. The highest BCUT2D eigenvalue weighted by Gasteiger charge is 2.63. The summed E-state index contributed by atoms with van der Waals surface area (Å²) in [5, 5.41) is 77.8. The molecule has 3 heterocycles. The molecule has 0 aromatic heterocycles. The number of piperidine rings is 1. The molecule has 9 N–H and O–H groups in total. The zero-order valence-corrected chi connectivity index (χ0v) is 59.4. The molecule has 3 fully saturated rings. The number of phenolic OH excluding ortho intramolecular Hbond substituents is 1. The Morgan fingerprint density at radius 1 is 0.806 bits per heavy atom. The number of aromatic hydroxyl groups is 1. The fourth-order valence-corrected chi connectivity index (χ4v) is 15.8. The monoisotopic (exact) mass is 1370 g/mol. The number of esters is 1. The molecule has 0 unspecified atom stereocenters. The number of allylic oxidation sites excluding steroid dienone is 7. The highest BCUT2D eigenvalue weighted by Crippen LogP contribution is 2.53. The number of amides is 2. The summed E-state index contributed by atoms with van der Waals surface area (Å²) < 4.78 is 29.4. The van der Waals surface area contributed by atoms with Gasteiger partial charge < -0.3 is 75.0 Å². The van der Waals surface area contributed by atoms with E-state index in [0.717, 1.165) is 17.7 Å². The van der Waals surface area contributed by atoms with E-state index in [-0.39, 0.29) is 84.5 Å². The maximum atomic E-state index is 14.4. The van der Waals surface area contributed by atoms with Crippen molar-refractivity contribution in [3.63, 3.8) is 0 Å². The Balaban J connectivity index is 0.000000340. The zero-order chi connectivity index (χ0) is 72.7. The summed E-state index contributed by atoms with van der Waals surface area (Å²) in [5.74, 6) is -14.5. The lowest BCUT2D eigenvalue weighted by Gasteiger charge is -2.50. The number of carbonyl (C=O) groups is 8. The van der Waals surface area contributed by atoms with E-state index in [0.29, 0.717) is 68.9 Å². The van der Waals surface area contributed by atoms with Gasteiger partial charge in [0.05, 0.1) is 36.0 Å². The summed E-state index contributed by atoms with van der Waals surface area (Å²) in [4.78, 5) is 114. The highest BCUT2D eigenvalue weighted by atomic mass is 16.6. The number of cyclic esters (lactones) is 1. The Bertz CT molecular complexity index is 3350. The minimum absolute atomic E-state index is 0.00184. The smallest absolute Gasteiger partial charge is 0.329 e. The van der Waals surface area contributed by atoms with Crippen molar-refractivity contribution in [1.29, 1.82) is 0 Å². The van der Waals surface area contributed by atoms with E-state index in [4.69, 9.17) is 29.4 Å². The van der Waals surface area contributed by atoms with E-state index in [2.05, 4.69) is 0 Å². The fourth-order valence-electron chi connectivity index (χ4n) is 15.8. The molecular weight excluding hydrogens is 1260 g/mol. The normalized spacial score (nSPS) is 36.6. The number of ether oxygens (including phenoxy) is 5. The summed E-state index contributed by atoms with van der Waals surface area (Å²) in [7, 11) is 11.3. The minimum Gasteiger partial charge on any atom is -0.510 e. The van der Waals surface area contributed by atoms with Crippen molar-refractivity contribution in [3.8, 4) is 5.75 Å². The number of primary amides is 1. The van der Waals surface area contributed by atoms with Gasteiger partial charge in [0.25, 0.3) is 17.6 Å². The second kappa shape index (κ2) is 33.2. The summed E-state index contributed by atoms with van der Waals surface area (Å²) in [6.07, 6.45) is 11.5. The number of likely N-dealkylation sites (N-methyl/N-ethyl adjacent to an activating group) is 1. The van der Waals surface area contributed by atoms with Gasteiger partial charge in [0, 0.05) is 89.7 Å². The minimum atomic E-state index is -2.63. The Labute approximate surface area is 575 Å². The first-order valence-corrected chi connectivity index (χ1v) is 34.4. The molecule has 98 heavy (non-hydrogen) atoms. The number of hydrogen-bond donors (Lipinski definition) is 8. The number of aliphatic hydroxyl groups is 6. The lowest BCUT2D eigenvalue weighted by atomic mass is 9.58. The van der Waals surface area contributed by atoms with Gasteiger partial charge in [-0.05, 0) is 158 Å². The van der Waals surface area contributed by atoms with E-state index in [1.165, 1.54) is 23.0 Å². The number of aliphatic hydroxyl groups excluding tert-OH is 4. The van der Waals surface area contributed by atoms with Crippen molar-refractivity contribution in [3.05, 3.63) is 93.5 Å². The maximum absolute atomic E-state index is 14.4. The van der Waals surface area contributed by atoms with Crippen LogP contribution in [0.3, 0.4) is 0 Å². The molecule has 1 saturated carbocycles. The fraction of sp³-hybridized carbons (Fsp3) is 0.649. The number of carbonyl (C=O) groups excluding carboxylic acids is 8. The number of hydrogen-bond acceptors (Lipinski definition) is 22. The van der Waals surface area contributed by atoms with Crippen LogP contribution in [0.4, 0.5) is 5.69 Å². The van der Waals surface area contributed by atoms with E-state index in [1.807, 2.05) is 58.1 Å². The van der Waals surface area contributed by atoms with Gasteiger partial charge in [-0.25, -0.2) is 4.79 Å². The maximum Gasteiger partial charge on any atom is 0.329 e. The molecule has 542 valence electrons. The van der Waals surface area contributed by atoms with Crippen molar-refractivity contribution in [1.82, 2.24) is 9.80 Å². The molecule has 4 aliphatic carbocycles. The largest absolute Gasteiger partial charge is 0.510 e. The second-order valence-electron chi connectivity index (χ2n) is 28.9. The molecule has 7 aliphatic rings. The van der Waals surface area contributed by atoms with Crippen molar-refractivity contribution in [2.75, 3.05) is 61.0 Å². The summed E-state index contributed by atoms with van der Waals surface area (Å²) in [6.45, 7) is 12.7. The molecule has 1 aromatic rings. The first-order valence-electron chi connectivity index (χ1n) is 34.4. The van der Waals surface area contributed by atoms with Crippen molar-refractivity contribution >= 4 is 52.4 Å². The molecule has 1 aromatic carbocycles. The van der Waals surface area contributed by atoms with Gasteiger partial charge in [-0.1, -0.05) is 71.1 Å². The number of methoxy groups -OCH3 is 3. The molecule has 8 rings (SSSR count). The van der Waals surface area contributed by atoms with Crippen LogP contribution in [0, 0.1) is 47.3 Å². The Kier molecular flexibility index (Phi) is 26.6. The van der Waals surface area contributed by atoms with Crippen LogP contribution < -0.4 is 10.6 Å². The molecular formula is C74H106N4O20. The summed E-state index contributed by atoms with van der Waals surface area (Å²) in [5.41, 5.74) is 4.29. The van der Waals surface area contributed by atoms with Gasteiger partial charge in [0.1, 0.15) is 53.0 Å². The van der Waals surface area contributed by atoms with Crippen LogP contribution in [0.2, 0.25) is 0 Å². The topological polar surface area (TPSA) is 360 Å². The summed E-state index contributed by atoms with van der Waals surface area (Å²) in [6, 6.07) is 0.923. The van der Waals surface area contributed by atoms with Crippen LogP contribution in [-0.2, 0) is 63.7 Å². The van der Waals surface area contributed by atoms with Gasteiger partial charge in [-0.2, -0.15) is 0 Å². The van der Waals surface area contributed by atoms with Crippen molar-refractivity contribution < 1.29 is 97.8 Å². The van der Waals surface area contributed by atoms with E-state index < -0.39 is 142 Å². The summed E-state index contributed by atoms with van der Waals surface area (Å²) >= 11 is 0. The molecule has 2 amide bonds. The molecule has 3 aliphatic heterocycles. The molecule has 2 saturated heterocycles. The highest BCUT2D eigenvalue weighted by molar-refractivity contribution is 6.39. The Morgan fingerprint density at radius 3 is 2.13 bits per heavy atom. The predicted octanol–water partition coefficient (Wildman–Crippen LogP) is 6.37. The molecule has 2 bridgehead atoms. The van der Waals surface area contributed by atoms with Gasteiger partial charge in [-0.15, -0.1) is 0 Å². The van der Waals surface area contributed by atoms with Gasteiger partial charge in [0.15, 0.2) is 17.2 Å². The average molecular weight is 1370 g/mol. The molecule has 24 nitrogen and oxygen atoms in total. The quantitative estimate of drug-likeness (QED) is 0.0576. The van der Waals surface area contributed by atoms with Crippen LogP contribution >= 0.6 is 0 Å². The SMILES string of the molecule is CN(C)c1ccc(O)c2c1C[C@H]1C[C@H]3[C@H](N(C)C)C(O)=C(C(N)=O)C(=O)[C@@]3(O)C(O)=C1C2=O.CO[C@H]1C[C@@H]2CC[C@@H](C)[C@@](O)(O2)C(=O)C(=O)N2CCCC[C@H]2C(=O)O[C@H]([C@H](C)C[C@@H]2CC[C@@H](O)[C@H](OC)C2)CC(=O)[C@H](C)/C=C(\C)[C@@H](O)[C@@H](OC)C(=O)[C@H](C)C[C@H](C)/C=C/C=C/C=C/1C. The lowest BCUT2D eigenvalue weighted by molar-refractivity contribution is -0.265. The van der Waals surface area contributed by atoms with Gasteiger partial charge >= 0.3 is 5.97 Å². The predicted molar refractivity (Wildman–Crippen MR) is 363 cm³/mol. The number of phenols is 1. The number of ketones is 5. The number of Topliss-reactive ketones (excluding diaryl/α,β-unsaturated/α-hetero) is 5. The first-order chi connectivity index (χ1) is 46.1. The first kappa shape index (κ1) is 78.6. The Morgan fingerprint density at radius 2 is 1.50 bits per heavy atom. The average Bonchev–Trinajstić information content (AvgIpc) is 0.700. The molecule has 24 heteroatoms. The molecule has 0 radical (unpaired) electrons. The van der Waals surface area contributed by atoms with Crippen LogP contribution in [0.25, 0.3) is 0 Å². The van der Waals surface area contributed by atoms with Crippen LogP contribution in [0.1, 0.15) is 148 Å². The van der Waals surface area contributed by atoms with Crippen LogP contribution in [-0.4, -0.2) is 215 Å². The van der Waals surface area contributed by atoms with Crippen LogP contribution in [0.15, 0.2) is 82.4 Å². The molecule has 0 spiro atoms. The third-order valence-electron chi connectivity index (χ3n) is 21.5. The number of anilines is 1. The number of nitrogens with zero attached hydrogens (tertiary/aromatic N) is 3. The standard InChI is InChI=1S/C51H79NO13.C23H27N3O7/c1-30-16-12-11-13-17-31(2)42(61-8)28-38-21-19-36(7)51(60,65-38)48(57)49(58)52-23-15-14-18-39(52)50(59)64-43(33(4)26-37-20-22-40(53)44(27-37)62-9)29-41(54)32(3)25-35(6)46(56)47(63-10)45(55)34(5)24-30;1-25(2)12-5-6-13(27)15-10(12)7-9-8-11-17(26(3)4)19(29)16(22(24)32)21(31)23(11,33)20(30)14(9)18(15)28/h11-13,16-17,25,30,32-34,36-40,42-44,46-47,53,56,60H,14-15,18-24,26-29H2,1-10H3;5-6,9,11,17,27,29-30,33H,7-8H2,1-4H3,(H2,24,32)/b13-11+,16-12+,31-17+,35-25+;/t30-,32-,33-,34-,36-,37+,38+,39+,40-,42+,43+,44-,46-,47+,51-;9-,11-,17-,23-/m10/s1. The van der Waals surface area contributed by atoms with E-state index >= 15 is 0 Å². The Hall–Kier alpha value is -6.74. The van der Waals surface area contributed by atoms with E-state index in [1.54, 1.807) is 80.2 Å². The number of fused-ring (bicyclic) bond motifs is 6. The van der Waals surface area contributed by atoms with Crippen molar-refractivity contribution in [2.24, 2.45) is 53.1 Å². The van der Waals surface area contributed by atoms with Crippen molar-refractivity contribution in [2.45, 2.75) is 205 Å². The number of rotatable bonds is 9.